The van der Waals surface area contributed by atoms with Gasteiger partial charge in [0.1, 0.15) is 12.4 Å². The van der Waals surface area contributed by atoms with Crippen LogP contribution in [0.2, 0.25) is 0 Å². The molecule has 0 bridgehead atoms. The number of carbonyl (C=O) groups is 2. The molecule has 0 aliphatic carbocycles. The SMILES string of the molecule is N#CC[C@H]1CN(C(=O)Oc2ccc([N+](=O)[O-])cc2)CCN1C(=O)OCc1ccccc1. The third-order valence-corrected chi connectivity index (χ3v) is 4.76. The molecule has 2 aromatic carbocycles. The van der Waals surface area contributed by atoms with Crippen molar-refractivity contribution in [2.45, 2.75) is 19.1 Å². The molecule has 0 spiro atoms. The quantitative estimate of drug-likeness (QED) is 0.532. The Kier molecular flexibility index (Phi) is 7.01. The predicted octanol–water partition coefficient (Wildman–Crippen LogP) is 3.33. The molecule has 1 heterocycles. The van der Waals surface area contributed by atoms with Gasteiger partial charge in [-0.15, -0.1) is 0 Å². The molecule has 31 heavy (non-hydrogen) atoms. The third-order valence-electron chi connectivity index (χ3n) is 4.76. The van der Waals surface area contributed by atoms with Crippen molar-refractivity contribution >= 4 is 17.9 Å². The molecule has 160 valence electrons. The molecule has 1 aliphatic heterocycles. The van der Waals surface area contributed by atoms with Crippen LogP contribution in [0, 0.1) is 21.4 Å². The van der Waals surface area contributed by atoms with Crippen LogP contribution in [-0.2, 0) is 11.3 Å². The molecular weight excluding hydrogens is 404 g/mol. The van der Waals surface area contributed by atoms with Gasteiger partial charge in [0.2, 0.25) is 0 Å². The lowest BCUT2D eigenvalue weighted by Crippen LogP contribution is -2.57. The monoisotopic (exact) mass is 424 g/mol. The smallest absolute Gasteiger partial charge is 0.415 e. The number of rotatable bonds is 5. The summed E-state index contributed by atoms with van der Waals surface area (Å²) < 4.78 is 10.6. The van der Waals surface area contributed by atoms with Gasteiger partial charge in [-0.25, -0.2) is 9.59 Å². The summed E-state index contributed by atoms with van der Waals surface area (Å²) in [5, 5.41) is 19.9. The summed E-state index contributed by atoms with van der Waals surface area (Å²) in [6.07, 6.45) is -1.18. The second-order valence-electron chi connectivity index (χ2n) is 6.81. The first-order valence-corrected chi connectivity index (χ1v) is 9.53. The summed E-state index contributed by atoms with van der Waals surface area (Å²) in [7, 11) is 0. The minimum Gasteiger partial charge on any atom is -0.445 e. The maximum absolute atomic E-state index is 12.5. The number of benzene rings is 2. The number of piperazine rings is 1. The number of amides is 2. The highest BCUT2D eigenvalue weighted by atomic mass is 16.6. The molecule has 2 aromatic rings. The van der Waals surface area contributed by atoms with E-state index in [1.54, 1.807) is 0 Å². The van der Waals surface area contributed by atoms with E-state index >= 15 is 0 Å². The Morgan fingerprint density at radius 1 is 1.10 bits per heavy atom. The van der Waals surface area contributed by atoms with Gasteiger partial charge >= 0.3 is 12.2 Å². The van der Waals surface area contributed by atoms with Gasteiger partial charge in [0.25, 0.3) is 5.69 Å². The maximum Gasteiger partial charge on any atom is 0.415 e. The molecule has 1 aliphatic rings. The second-order valence-corrected chi connectivity index (χ2v) is 6.81. The standard InChI is InChI=1S/C21H20N4O6/c22-11-10-18-14-23(20(26)31-19-8-6-17(7-9-19)25(28)29)12-13-24(18)21(27)30-15-16-4-2-1-3-5-16/h1-9,18H,10,12-15H2/t18-/m0/s1. The fourth-order valence-electron chi connectivity index (χ4n) is 3.15. The largest absolute Gasteiger partial charge is 0.445 e. The molecule has 0 aromatic heterocycles. The minimum atomic E-state index is -0.658. The van der Waals surface area contributed by atoms with Gasteiger partial charge < -0.3 is 19.3 Å². The molecule has 2 amide bonds. The van der Waals surface area contributed by atoms with E-state index < -0.39 is 23.2 Å². The van der Waals surface area contributed by atoms with Gasteiger partial charge in [-0.2, -0.15) is 5.26 Å². The van der Waals surface area contributed by atoms with Crippen LogP contribution < -0.4 is 4.74 Å². The summed E-state index contributed by atoms with van der Waals surface area (Å²) in [5.74, 6) is 0.164. The van der Waals surface area contributed by atoms with Crippen LogP contribution in [0.3, 0.4) is 0 Å². The number of hydrogen-bond donors (Lipinski definition) is 0. The number of hydrogen-bond acceptors (Lipinski definition) is 7. The maximum atomic E-state index is 12.5. The zero-order valence-electron chi connectivity index (χ0n) is 16.5. The van der Waals surface area contributed by atoms with Crippen molar-refractivity contribution in [2.75, 3.05) is 19.6 Å². The summed E-state index contributed by atoms with van der Waals surface area (Å²) in [6, 6.07) is 15.9. The van der Waals surface area contributed by atoms with Crippen molar-refractivity contribution in [3.05, 3.63) is 70.3 Å². The van der Waals surface area contributed by atoms with Crippen molar-refractivity contribution in [3.8, 4) is 11.8 Å². The molecule has 1 atom stereocenters. The molecule has 10 nitrogen and oxygen atoms in total. The Balaban J connectivity index is 1.58. The lowest BCUT2D eigenvalue weighted by atomic mass is 10.1. The van der Waals surface area contributed by atoms with Gasteiger partial charge in [0.05, 0.1) is 23.5 Å². The highest BCUT2D eigenvalue weighted by molar-refractivity contribution is 5.72. The number of nitro groups is 1. The number of nitriles is 1. The van der Waals surface area contributed by atoms with E-state index in [1.165, 1.54) is 34.1 Å². The highest BCUT2D eigenvalue weighted by Gasteiger charge is 2.34. The molecule has 10 heteroatoms. The van der Waals surface area contributed by atoms with Gasteiger partial charge in [-0.1, -0.05) is 30.3 Å². The Hall–Kier alpha value is -4.13. The van der Waals surface area contributed by atoms with Crippen molar-refractivity contribution in [1.82, 2.24) is 9.80 Å². The lowest BCUT2D eigenvalue weighted by Gasteiger charge is -2.39. The Morgan fingerprint density at radius 2 is 1.81 bits per heavy atom. The van der Waals surface area contributed by atoms with Crippen molar-refractivity contribution < 1.29 is 24.0 Å². The van der Waals surface area contributed by atoms with Crippen LogP contribution in [0.4, 0.5) is 15.3 Å². The fraction of sp³-hybridized carbons (Fsp3) is 0.286. The van der Waals surface area contributed by atoms with E-state index in [0.29, 0.717) is 0 Å². The lowest BCUT2D eigenvalue weighted by molar-refractivity contribution is -0.384. The van der Waals surface area contributed by atoms with E-state index in [4.69, 9.17) is 14.7 Å². The van der Waals surface area contributed by atoms with Gasteiger partial charge in [-0.3, -0.25) is 10.1 Å². The molecule has 3 rings (SSSR count). The van der Waals surface area contributed by atoms with Crippen molar-refractivity contribution in [1.29, 1.82) is 5.26 Å². The summed E-state index contributed by atoms with van der Waals surface area (Å²) in [6.45, 7) is 0.616. The molecule has 1 saturated heterocycles. The molecule has 0 saturated carbocycles. The first-order valence-electron chi connectivity index (χ1n) is 9.53. The van der Waals surface area contributed by atoms with Crippen LogP contribution in [0.15, 0.2) is 54.6 Å². The number of nitrogens with zero attached hydrogens (tertiary/aromatic N) is 4. The normalized spacial score (nSPS) is 15.6. The molecule has 1 fully saturated rings. The summed E-state index contributed by atoms with van der Waals surface area (Å²) in [5.41, 5.74) is 0.731. The number of carbonyl (C=O) groups excluding carboxylic acids is 2. The fourth-order valence-corrected chi connectivity index (χ4v) is 3.15. The van der Waals surface area contributed by atoms with Crippen LogP contribution in [0.1, 0.15) is 12.0 Å². The van der Waals surface area contributed by atoms with Gasteiger partial charge in [0.15, 0.2) is 0 Å². The molecule has 0 radical (unpaired) electrons. The Labute approximate surface area is 178 Å². The average molecular weight is 424 g/mol. The van der Waals surface area contributed by atoms with E-state index in [0.717, 1.165) is 5.56 Å². The second kappa shape index (κ2) is 10.1. The van der Waals surface area contributed by atoms with Gasteiger partial charge in [0, 0.05) is 31.8 Å². The van der Waals surface area contributed by atoms with E-state index in [9.17, 15) is 19.7 Å². The van der Waals surface area contributed by atoms with E-state index in [1.807, 2.05) is 36.4 Å². The highest BCUT2D eigenvalue weighted by Crippen LogP contribution is 2.20. The topological polar surface area (TPSA) is 126 Å². The van der Waals surface area contributed by atoms with Gasteiger partial charge in [-0.05, 0) is 17.7 Å². The first kappa shape index (κ1) is 21.6. The van der Waals surface area contributed by atoms with Crippen LogP contribution in [0.25, 0.3) is 0 Å². The molecule has 0 unspecified atom stereocenters. The van der Waals surface area contributed by atoms with Crippen LogP contribution in [0.5, 0.6) is 5.75 Å². The van der Waals surface area contributed by atoms with Crippen LogP contribution in [-0.4, -0.2) is 52.6 Å². The van der Waals surface area contributed by atoms with E-state index in [-0.39, 0.29) is 44.1 Å². The molecular formula is C21H20N4O6. The average Bonchev–Trinajstić information content (AvgIpc) is 2.78. The number of non-ortho nitro benzene ring substituents is 1. The van der Waals surface area contributed by atoms with E-state index in [2.05, 4.69) is 0 Å². The summed E-state index contributed by atoms with van der Waals surface area (Å²) >= 11 is 0. The Bertz CT molecular complexity index is 974. The van der Waals surface area contributed by atoms with Crippen LogP contribution >= 0.6 is 0 Å². The predicted molar refractivity (Wildman–Crippen MR) is 108 cm³/mol. The Morgan fingerprint density at radius 3 is 2.45 bits per heavy atom. The summed E-state index contributed by atoms with van der Waals surface area (Å²) in [4.78, 5) is 38.0. The molecule has 0 N–H and O–H groups in total. The number of nitro benzene ring substituents is 1. The van der Waals surface area contributed by atoms with Crippen molar-refractivity contribution in [2.24, 2.45) is 0 Å². The van der Waals surface area contributed by atoms with Crippen molar-refractivity contribution in [3.63, 3.8) is 0 Å². The number of ether oxygens (including phenoxy) is 2. The first-order chi connectivity index (χ1) is 15.0. The zero-order chi connectivity index (χ0) is 22.2. The third kappa shape index (κ3) is 5.70. The zero-order valence-corrected chi connectivity index (χ0v) is 16.5. The minimum absolute atomic E-state index is 0.0295.